The lowest BCUT2D eigenvalue weighted by molar-refractivity contribution is 0.106. The van der Waals surface area contributed by atoms with Gasteiger partial charge in [-0.3, -0.25) is 4.99 Å². The van der Waals surface area contributed by atoms with Gasteiger partial charge < -0.3 is 24.8 Å². The summed E-state index contributed by atoms with van der Waals surface area (Å²) in [5.41, 5.74) is 3.10. The number of guanidine groups is 1. The lowest BCUT2D eigenvalue weighted by Crippen LogP contribution is -2.39. The van der Waals surface area contributed by atoms with E-state index in [0.717, 1.165) is 35.5 Å². The van der Waals surface area contributed by atoms with Gasteiger partial charge in [0.1, 0.15) is 17.7 Å². The molecule has 30 heavy (non-hydrogen) atoms. The lowest BCUT2D eigenvalue weighted by Gasteiger charge is -2.20. The van der Waals surface area contributed by atoms with Crippen molar-refractivity contribution in [2.24, 2.45) is 4.99 Å². The van der Waals surface area contributed by atoms with Crippen LogP contribution >= 0.6 is 0 Å². The molecule has 2 atom stereocenters. The highest BCUT2D eigenvalue weighted by molar-refractivity contribution is 5.79. The predicted octanol–water partition coefficient (Wildman–Crippen LogP) is 3.35. The highest BCUT2D eigenvalue weighted by atomic mass is 19.1. The molecule has 0 radical (unpaired) electrons. The molecule has 0 aromatic heterocycles. The van der Waals surface area contributed by atoms with Crippen molar-refractivity contribution in [3.8, 4) is 5.75 Å². The Morgan fingerprint density at radius 1 is 1.23 bits per heavy atom. The minimum atomic E-state index is -0.265. The van der Waals surface area contributed by atoms with E-state index in [1.165, 1.54) is 12.1 Å². The normalized spacial score (nSPS) is 17.6. The van der Waals surface area contributed by atoms with E-state index in [-0.39, 0.29) is 18.0 Å². The topological polar surface area (TPSA) is 64.1 Å². The fraction of sp³-hybridized carbons (Fsp3) is 0.435. The zero-order chi connectivity index (χ0) is 21.3. The van der Waals surface area contributed by atoms with Gasteiger partial charge in [-0.25, -0.2) is 4.39 Å². The summed E-state index contributed by atoms with van der Waals surface area (Å²) in [6.45, 7) is 4.49. The number of hydrogen-bond acceptors (Lipinski definition) is 4. The van der Waals surface area contributed by atoms with E-state index in [1.54, 1.807) is 26.3 Å². The van der Waals surface area contributed by atoms with Crippen molar-refractivity contribution in [2.45, 2.75) is 32.1 Å². The number of nitrogens with one attached hydrogen (secondary N) is 2. The van der Waals surface area contributed by atoms with Crippen LogP contribution in [0.1, 0.15) is 29.2 Å². The standard InChI is InChI=1S/C23H30FN3O3/c1-16-4-5-18(21(12-16)30-20-10-11-29-15-20)13-26-23(25-2)27-14-22(28-3)17-6-8-19(24)9-7-17/h4-9,12,20,22H,10-11,13-15H2,1-3H3,(H2,25,26,27). The van der Waals surface area contributed by atoms with Crippen LogP contribution in [0.25, 0.3) is 0 Å². The molecular formula is C23H30FN3O3. The van der Waals surface area contributed by atoms with E-state index in [9.17, 15) is 4.39 Å². The number of nitrogens with zero attached hydrogens (tertiary/aromatic N) is 1. The summed E-state index contributed by atoms with van der Waals surface area (Å²) in [6.07, 6.45) is 0.789. The van der Waals surface area contributed by atoms with Crippen molar-refractivity contribution >= 4 is 5.96 Å². The molecule has 2 aromatic rings. The molecule has 1 heterocycles. The van der Waals surface area contributed by atoms with Gasteiger partial charge in [-0.2, -0.15) is 0 Å². The Bertz CT molecular complexity index is 836. The van der Waals surface area contributed by atoms with Crippen LogP contribution in [0.15, 0.2) is 47.5 Å². The molecule has 7 heteroatoms. The molecule has 1 aliphatic rings. The summed E-state index contributed by atoms with van der Waals surface area (Å²) in [4.78, 5) is 4.29. The number of benzene rings is 2. The molecule has 0 aliphatic carbocycles. The quantitative estimate of drug-likeness (QED) is 0.511. The molecule has 2 aromatic carbocycles. The van der Waals surface area contributed by atoms with Crippen LogP contribution in [0.3, 0.4) is 0 Å². The highest BCUT2D eigenvalue weighted by Gasteiger charge is 2.19. The average molecular weight is 416 g/mol. The third-order valence-electron chi connectivity index (χ3n) is 5.06. The first-order chi connectivity index (χ1) is 14.6. The minimum Gasteiger partial charge on any atom is -0.488 e. The maximum Gasteiger partial charge on any atom is 0.191 e. The van der Waals surface area contributed by atoms with Crippen LogP contribution in [0.5, 0.6) is 5.75 Å². The first-order valence-electron chi connectivity index (χ1n) is 10.2. The molecule has 0 bridgehead atoms. The molecule has 162 valence electrons. The van der Waals surface area contributed by atoms with Crippen molar-refractivity contribution in [3.05, 3.63) is 65.0 Å². The molecule has 1 aliphatic heterocycles. The monoisotopic (exact) mass is 415 g/mol. The van der Waals surface area contributed by atoms with E-state index in [0.29, 0.717) is 25.7 Å². The summed E-state index contributed by atoms with van der Waals surface area (Å²) in [5.74, 6) is 1.25. The summed E-state index contributed by atoms with van der Waals surface area (Å²) >= 11 is 0. The van der Waals surface area contributed by atoms with Crippen molar-refractivity contribution in [3.63, 3.8) is 0 Å². The van der Waals surface area contributed by atoms with Crippen LogP contribution in [-0.4, -0.2) is 46.0 Å². The second-order valence-corrected chi connectivity index (χ2v) is 7.30. The van der Waals surface area contributed by atoms with Crippen LogP contribution in [-0.2, 0) is 16.0 Å². The van der Waals surface area contributed by atoms with Crippen LogP contribution in [0.4, 0.5) is 4.39 Å². The minimum absolute atomic E-state index is 0.0983. The fourth-order valence-corrected chi connectivity index (χ4v) is 3.31. The third-order valence-corrected chi connectivity index (χ3v) is 5.06. The van der Waals surface area contributed by atoms with Gasteiger partial charge >= 0.3 is 0 Å². The summed E-state index contributed by atoms with van der Waals surface area (Å²) in [5, 5.41) is 6.59. The van der Waals surface area contributed by atoms with Gasteiger partial charge in [-0.05, 0) is 36.2 Å². The molecule has 0 spiro atoms. The van der Waals surface area contributed by atoms with Gasteiger partial charge in [-0.15, -0.1) is 0 Å². The first kappa shape index (κ1) is 22.1. The Morgan fingerprint density at radius 3 is 2.70 bits per heavy atom. The van der Waals surface area contributed by atoms with E-state index < -0.39 is 0 Å². The number of ether oxygens (including phenoxy) is 3. The molecule has 3 rings (SSSR count). The Hall–Kier alpha value is -2.64. The third kappa shape index (κ3) is 6.18. The Morgan fingerprint density at radius 2 is 2.03 bits per heavy atom. The largest absolute Gasteiger partial charge is 0.488 e. The highest BCUT2D eigenvalue weighted by Crippen LogP contribution is 2.24. The van der Waals surface area contributed by atoms with Crippen LogP contribution in [0, 0.1) is 12.7 Å². The van der Waals surface area contributed by atoms with E-state index >= 15 is 0 Å². The lowest BCUT2D eigenvalue weighted by atomic mass is 10.1. The average Bonchev–Trinajstić information content (AvgIpc) is 3.26. The van der Waals surface area contributed by atoms with Crippen LogP contribution in [0.2, 0.25) is 0 Å². The number of aliphatic imine (C=N–C) groups is 1. The van der Waals surface area contributed by atoms with E-state index in [1.807, 2.05) is 0 Å². The second kappa shape index (κ2) is 10.9. The smallest absolute Gasteiger partial charge is 0.191 e. The molecule has 1 fully saturated rings. The summed E-state index contributed by atoms with van der Waals surface area (Å²) in [7, 11) is 3.35. The van der Waals surface area contributed by atoms with Crippen molar-refractivity contribution in [1.29, 1.82) is 0 Å². The molecule has 2 N–H and O–H groups in total. The fourth-order valence-electron chi connectivity index (χ4n) is 3.31. The molecule has 0 amide bonds. The van der Waals surface area contributed by atoms with Gasteiger partial charge in [0.2, 0.25) is 0 Å². The van der Waals surface area contributed by atoms with Gasteiger partial charge in [0.15, 0.2) is 5.96 Å². The zero-order valence-electron chi connectivity index (χ0n) is 17.8. The maximum atomic E-state index is 13.2. The zero-order valence-corrected chi connectivity index (χ0v) is 17.8. The van der Waals surface area contributed by atoms with Gasteiger partial charge in [0.05, 0.1) is 19.3 Å². The van der Waals surface area contributed by atoms with E-state index in [2.05, 4.69) is 40.7 Å². The molecule has 1 saturated heterocycles. The predicted molar refractivity (Wildman–Crippen MR) is 115 cm³/mol. The number of hydrogen-bond donors (Lipinski definition) is 2. The van der Waals surface area contributed by atoms with E-state index in [4.69, 9.17) is 14.2 Å². The summed E-state index contributed by atoms with van der Waals surface area (Å²) in [6, 6.07) is 12.5. The van der Waals surface area contributed by atoms with Gasteiger partial charge in [0.25, 0.3) is 0 Å². The number of methoxy groups -OCH3 is 1. The Labute approximate surface area is 177 Å². The Kier molecular flexibility index (Phi) is 8.04. The summed E-state index contributed by atoms with van der Waals surface area (Å²) < 4.78 is 30.3. The van der Waals surface area contributed by atoms with Gasteiger partial charge in [0, 0.05) is 39.2 Å². The Balaban J connectivity index is 1.57. The maximum absolute atomic E-state index is 13.2. The number of rotatable bonds is 8. The van der Waals surface area contributed by atoms with Crippen molar-refractivity contribution in [2.75, 3.05) is 33.9 Å². The molecule has 6 nitrogen and oxygen atoms in total. The first-order valence-corrected chi connectivity index (χ1v) is 10.2. The second-order valence-electron chi connectivity index (χ2n) is 7.30. The van der Waals surface area contributed by atoms with Crippen molar-refractivity contribution in [1.82, 2.24) is 10.6 Å². The molecule has 0 saturated carbocycles. The number of halogens is 1. The SMILES string of the molecule is CN=C(NCc1ccc(C)cc1OC1CCOC1)NCC(OC)c1ccc(F)cc1. The van der Waals surface area contributed by atoms with Crippen molar-refractivity contribution < 1.29 is 18.6 Å². The molecule has 2 unspecified atom stereocenters. The van der Waals surface area contributed by atoms with Crippen LogP contribution < -0.4 is 15.4 Å². The molecular weight excluding hydrogens is 385 g/mol. The number of aryl methyl sites for hydroxylation is 1. The van der Waals surface area contributed by atoms with Gasteiger partial charge in [-0.1, -0.05) is 24.3 Å².